The van der Waals surface area contributed by atoms with Crippen LogP contribution in [0.5, 0.6) is 0 Å². The summed E-state index contributed by atoms with van der Waals surface area (Å²) in [6.45, 7) is 4.05. The summed E-state index contributed by atoms with van der Waals surface area (Å²) in [5.74, 6) is -0.315. The van der Waals surface area contributed by atoms with Gasteiger partial charge in [0, 0.05) is 40.0 Å². The maximum Gasteiger partial charge on any atom is 0.230 e. The van der Waals surface area contributed by atoms with Gasteiger partial charge < -0.3 is 15.1 Å². The summed E-state index contributed by atoms with van der Waals surface area (Å²) in [5.41, 5.74) is 4.62. The summed E-state index contributed by atoms with van der Waals surface area (Å²) in [4.78, 5) is 19.5. The van der Waals surface area contributed by atoms with Gasteiger partial charge in [-0.3, -0.25) is 10.1 Å². The molecule has 1 aromatic carbocycles. The summed E-state index contributed by atoms with van der Waals surface area (Å²) in [6, 6.07) is 8.34. The zero-order chi connectivity index (χ0) is 18.1. The van der Waals surface area contributed by atoms with Crippen molar-refractivity contribution in [1.29, 1.82) is 0 Å². The Labute approximate surface area is 151 Å². The number of nitrogens with one attached hydrogen (secondary N) is 3. The van der Waals surface area contributed by atoms with Crippen molar-refractivity contribution in [2.75, 3.05) is 0 Å². The molecule has 0 radical (unpaired) electrons. The molecule has 26 heavy (non-hydrogen) atoms. The predicted octanol–water partition coefficient (Wildman–Crippen LogP) is 3.18. The molecule has 5 heteroatoms. The number of carbonyl (C=O) groups is 1. The molecule has 0 bridgehead atoms. The Morgan fingerprint density at radius 1 is 1.19 bits per heavy atom. The van der Waals surface area contributed by atoms with Gasteiger partial charge in [0.25, 0.3) is 0 Å². The van der Waals surface area contributed by atoms with Crippen molar-refractivity contribution >= 4 is 22.3 Å². The number of ketones is 1. The fourth-order valence-electron chi connectivity index (χ4n) is 3.98. The molecule has 0 aliphatic heterocycles. The zero-order valence-electron chi connectivity index (χ0n) is 14.8. The lowest BCUT2D eigenvalue weighted by molar-refractivity contribution is 0.0365. The van der Waals surface area contributed by atoms with E-state index in [9.17, 15) is 9.90 Å². The number of H-pyrrole nitrogens is 2. The number of fused-ring (bicyclic) bond motifs is 2. The van der Waals surface area contributed by atoms with Gasteiger partial charge in [0.05, 0.1) is 5.69 Å². The molecule has 2 aliphatic rings. The normalized spacial score (nSPS) is 22.6. The average Bonchev–Trinajstić information content (AvgIpc) is 3.25. The molecule has 1 fully saturated rings. The molecule has 0 amide bonds. The minimum atomic E-state index is -1.68. The third kappa shape index (κ3) is 2.14. The highest BCUT2D eigenvalue weighted by Gasteiger charge is 2.45. The van der Waals surface area contributed by atoms with Gasteiger partial charge in [0.15, 0.2) is 0 Å². The van der Waals surface area contributed by atoms with Gasteiger partial charge in [-0.1, -0.05) is 18.2 Å². The first-order valence-corrected chi connectivity index (χ1v) is 9.01. The number of aromatic nitrogens is 2. The Balaban J connectivity index is 1.76. The van der Waals surface area contributed by atoms with Crippen molar-refractivity contribution in [2.45, 2.75) is 38.5 Å². The Hall–Kier alpha value is -2.63. The number of carbonyl (C=O) groups excluding carboxylic acids is 1. The van der Waals surface area contributed by atoms with Crippen molar-refractivity contribution in [2.24, 2.45) is 0 Å². The van der Waals surface area contributed by atoms with E-state index in [1.54, 1.807) is 6.08 Å². The van der Waals surface area contributed by atoms with E-state index in [-0.39, 0.29) is 11.8 Å². The molecule has 5 nitrogen and oxygen atoms in total. The zero-order valence-corrected chi connectivity index (χ0v) is 14.8. The van der Waals surface area contributed by atoms with Crippen LogP contribution in [0.3, 0.4) is 0 Å². The number of Topliss-reactive ketones (excluding diaryl/α,β-unsaturated/α-hetero) is 1. The molecule has 1 unspecified atom stereocenters. The molecule has 3 aromatic rings. The summed E-state index contributed by atoms with van der Waals surface area (Å²) >= 11 is 0. The van der Waals surface area contributed by atoms with E-state index in [4.69, 9.17) is 0 Å². The first-order valence-electron chi connectivity index (χ1n) is 9.01. The van der Waals surface area contributed by atoms with Crippen LogP contribution < -0.4 is 5.32 Å². The highest BCUT2D eigenvalue weighted by Crippen LogP contribution is 2.40. The van der Waals surface area contributed by atoms with Crippen LogP contribution in [0.2, 0.25) is 0 Å². The lowest BCUT2D eigenvalue weighted by atomic mass is 9.85. The molecule has 0 saturated heterocycles. The topological polar surface area (TPSA) is 80.9 Å². The maximum atomic E-state index is 13.0. The van der Waals surface area contributed by atoms with Gasteiger partial charge in [-0.2, -0.15) is 0 Å². The fraction of sp³-hybridized carbons (Fsp3) is 0.286. The minimum absolute atomic E-state index is 0.197. The summed E-state index contributed by atoms with van der Waals surface area (Å²) < 4.78 is 0. The molecular weight excluding hydrogens is 326 g/mol. The van der Waals surface area contributed by atoms with Gasteiger partial charge in [-0.05, 0) is 50.0 Å². The van der Waals surface area contributed by atoms with Crippen molar-refractivity contribution in [1.82, 2.24) is 15.3 Å². The number of rotatable bonds is 3. The lowest BCUT2D eigenvalue weighted by Gasteiger charge is -2.30. The molecular formula is C21H21N3O2. The van der Waals surface area contributed by atoms with Crippen LogP contribution in [-0.2, 0) is 0 Å². The standard InChI is InChI=1S/C21H21N3O2/c1-11-10-22-19-17(11)15(9-21(26,20(19)25)24-13-7-8-13)18-12(2)14-5-3-4-6-16(14)23-18/h3-6,9-10,13,22-24,26H,7-8H2,1-2H3. The molecule has 2 aliphatic carbocycles. The second-order valence-corrected chi connectivity index (χ2v) is 7.46. The number of hydrogen-bond acceptors (Lipinski definition) is 3. The van der Waals surface area contributed by atoms with Crippen molar-refractivity contribution < 1.29 is 9.90 Å². The highest BCUT2D eigenvalue weighted by molar-refractivity contribution is 6.12. The van der Waals surface area contributed by atoms with Crippen LogP contribution in [0.15, 0.2) is 36.5 Å². The van der Waals surface area contributed by atoms with E-state index in [0.717, 1.165) is 51.7 Å². The minimum Gasteiger partial charge on any atom is -0.365 e. The molecule has 1 saturated carbocycles. The number of para-hydroxylation sites is 1. The molecule has 5 rings (SSSR count). The quantitative estimate of drug-likeness (QED) is 0.549. The Kier molecular flexibility index (Phi) is 3.12. The van der Waals surface area contributed by atoms with E-state index < -0.39 is 5.72 Å². The summed E-state index contributed by atoms with van der Waals surface area (Å²) in [6.07, 6.45) is 5.49. The maximum absolute atomic E-state index is 13.0. The second-order valence-electron chi connectivity index (χ2n) is 7.46. The third-order valence-electron chi connectivity index (χ3n) is 5.51. The van der Waals surface area contributed by atoms with E-state index >= 15 is 0 Å². The van der Waals surface area contributed by atoms with Crippen LogP contribution in [0.1, 0.15) is 45.7 Å². The summed E-state index contributed by atoms with van der Waals surface area (Å²) in [5, 5.41) is 15.4. The van der Waals surface area contributed by atoms with E-state index in [2.05, 4.69) is 28.3 Å². The summed E-state index contributed by atoms with van der Waals surface area (Å²) in [7, 11) is 0. The number of benzene rings is 1. The van der Waals surface area contributed by atoms with E-state index in [0.29, 0.717) is 5.69 Å². The van der Waals surface area contributed by atoms with Crippen LogP contribution in [0, 0.1) is 13.8 Å². The van der Waals surface area contributed by atoms with Crippen LogP contribution in [-0.4, -0.2) is 32.6 Å². The Morgan fingerprint density at radius 3 is 2.69 bits per heavy atom. The van der Waals surface area contributed by atoms with Crippen LogP contribution in [0.25, 0.3) is 16.5 Å². The number of aryl methyl sites for hydroxylation is 2. The number of hydrogen-bond donors (Lipinski definition) is 4. The second kappa shape index (κ2) is 5.19. The van der Waals surface area contributed by atoms with Crippen LogP contribution in [0.4, 0.5) is 0 Å². The third-order valence-corrected chi connectivity index (χ3v) is 5.51. The van der Waals surface area contributed by atoms with E-state index in [1.807, 2.05) is 31.3 Å². The first-order chi connectivity index (χ1) is 12.5. The molecule has 2 heterocycles. The molecule has 1 atom stereocenters. The Morgan fingerprint density at radius 2 is 1.96 bits per heavy atom. The first kappa shape index (κ1) is 15.6. The van der Waals surface area contributed by atoms with Gasteiger partial charge in [-0.15, -0.1) is 0 Å². The Bertz CT molecular complexity index is 1080. The molecule has 2 aromatic heterocycles. The van der Waals surface area contributed by atoms with Crippen molar-refractivity contribution in [3.8, 4) is 0 Å². The number of aliphatic hydroxyl groups is 1. The van der Waals surface area contributed by atoms with Crippen LogP contribution >= 0.6 is 0 Å². The van der Waals surface area contributed by atoms with Gasteiger partial charge in [0.1, 0.15) is 0 Å². The molecule has 132 valence electrons. The van der Waals surface area contributed by atoms with Gasteiger partial charge >= 0.3 is 0 Å². The predicted molar refractivity (Wildman–Crippen MR) is 101 cm³/mol. The van der Waals surface area contributed by atoms with E-state index in [1.165, 1.54) is 0 Å². The fourth-order valence-corrected chi connectivity index (χ4v) is 3.98. The molecule has 0 spiro atoms. The monoisotopic (exact) mass is 347 g/mol. The lowest BCUT2D eigenvalue weighted by Crippen LogP contribution is -2.53. The van der Waals surface area contributed by atoms with Gasteiger partial charge in [0.2, 0.25) is 11.5 Å². The average molecular weight is 347 g/mol. The SMILES string of the molecule is Cc1c[nH]c2c1C(c1[nH]c3ccccc3c1C)=CC(O)(NC1CC1)C2=O. The highest BCUT2D eigenvalue weighted by atomic mass is 16.3. The number of aromatic amines is 2. The smallest absolute Gasteiger partial charge is 0.230 e. The molecule has 4 N–H and O–H groups in total. The van der Waals surface area contributed by atoms with Crippen molar-refractivity contribution in [3.63, 3.8) is 0 Å². The van der Waals surface area contributed by atoms with Crippen molar-refractivity contribution in [3.05, 3.63) is 64.6 Å². The van der Waals surface area contributed by atoms with Gasteiger partial charge in [-0.25, -0.2) is 0 Å². The largest absolute Gasteiger partial charge is 0.365 e.